The molecule has 0 aliphatic rings. The highest BCUT2D eigenvalue weighted by molar-refractivity contribution is 9.10. The van der Waals surface area contributed by atoms with Gasteiger partial charge in [0.05, 0.1) is 14.9 Å². The van der Waals surface area contributed by atoms with Crippen LogP contribution in [0.25, 0.3) is 0 Å². The molecule has 1 amide bonds. The van der Waals surface area contributed by atoms with E-state index < -0.39 is 26.6 Å². The Kier molecular flexibility index (Phi) is 5.76. The van der Waals surface area contributed by atoms with Crippen molar-refractivity contribution in [1.82, 2.24) is 0 Å². The van der Waals surface area contributed by atoms with Crippen LogP contribution >= 0.6 is 15.9 Å². The van der Waals surface area contributed by atoms with Crippen LogP contribution in [-0.2, 0) is 10.0 Å². The molecule has 0 radical (unpaired) electrons. The number of sulfonamides is 1. The summed E-state index contributed by atoms with van der Waals surface area (Å²) in [5.74, 6) is -1.75. The van der Waals surface area contributed by atoms with Crippen LogP contribution in [0.3, 0.4) is 0 Å². The Morgan fingerprint density at radius 1 is 0.966 bits per heavy atom. The lowest BCUT2D eigenvalue weighted by molar-refractivity contribution is 0.102. The van der Waals surface area contributed by atoms with Crippen molar-refractivity contribution in [1.29, 1.82) is 0 Å². The topological polar surface area (TPSA) is 88.4 Å². The number of hydrogen-bond donors (Lipinski definition) is 2. The van der Waals surface area contributed by atoms with Gasteiger partial charge < -0.3 is 9.73 Å². The van der Waals surface area contributed by atoms with Crippen LogP contribution in [0.5, 0.6) is 0 Å². The number of amides is 1. The minimum atomic E-state index is -4.10. The molecule has 0 saturated heterocycles. The van der Waals surface area contributed by atoms with Crippen LogP contribution in [0.4, 0.5) is 20.2 Å². The van der Waals surface area contributed by atoms with Gasteiger partial charge in [-0.15, -0.1) is 0 Å². The molecule has 0 aliphatic carbocycles. The number of furan rings is 1. The van der Waals surface area contributed by atoms with Gasteiger partial charge in [-0.25, -0.2) is 17.2 Å². The van der Waals surface area contributed by atoms with E-state index in [-0.39, 0.29) is 11.6 Å². The van der Waals surface area contributed by atoms with E-state index in [0.717, 1.165) is 12.1 Å². The zero-order valence-corrected chi connectivity index (χ0v) is 17.6. The predicted octanol–water partition coefficient (Wildman–Crippen LogP) is 4.99. The molecule has 2 aromatic carbocycles. The maximum Gasteiger partial charge on any atom is 0.261 e. The zero-order valence-electron chi connectivity index (χ0n) is 15.2. The molecule has 0 bridgehead atoms. The van der Waals surface area contributed by atoms with Crippen LogP contribution in [0, 0.1) is 25.5 Å². The fourth-order valence-corrected chi connectivity index (χ4v) is 4.20. The van der Waals surface area contributed by atoms with Gasteiger partial charge in [0.25, 0.3) is 15.9 Å². The van der Waals surface area contributed by atoms with Crippen LogP contribution in [0.2, 0.25) is 0 Å². The highest BCUT2D eigenvalue weighted by atomic mass is 79.9. The van der Waals surface area contributed by atoms with Crippen molar-refractivity contribution in [2.45, 2.75) is 18.7 Å². The Morgan fingerprint density at radius 2 is 1.59 bits per heavy atom. The minimum Gasteiger partial charge on any atom is -0.465 e. The number of hydrogen-bond acceptors (Lipinski definition) is 4. The zero-order chi connectivity index (χ0) is 21.3. The quantitative estimate of drug-likeness (QED) is 0.533. The normalized spacial score (nSPS) is 11.3. The Bertz CT molecular complexity index is 1190. The third-order valence-electron chi connectivity index (χ3n) is 4.01. The second kappa shape index (κ2) is 7.96. The Hall–Kier alpha value is -2.72. The Labute approximate surface area is 174 Å². The summed E-state index contributed by atoms with van der Waals surface area (Å²) in [4.78, 5) is 12.0. The predicted molar refractivity (Wildman–Crippen MR) is 107 cm³/mol. The lowest BCUT2D eigenvalue weighted by Gasteiger charge is -2.10. The average Bonchev–Trinajstić information content (AvgIpc) is 2.90. The summed E-state index contributed by atoms with van der Waals surface area (Å²) >= 11 is 3.31. The van der Waals surface area contributed by atoms with Crippen LogP contribution in [-0.4, -0.2) is 14.3 Å². The maximum atomic E-state index is 13.3. The van der Waals surface area contributed by atoms with E-state index >= 15 is 0 Å². The summed E-state index contributed by atoms with van der Waals surface area (Å²) in [6, 6.07) is 8.14. The molecule has 3 aromatic rings. The largest absolute Gasteiger partial charge is 0.465 e. The van der Waals surface area contributed by atoms with Crippen LogP contribution < -0.4 is 10.0 Å². The number of halogens is 3. The SMILES string of the molecule is Cc1oc(C)c(C(=O)Nc2ccc(NS(=O)(=O)c3ccc(F)c(F)c3)cc2)c1Br. The van der Waals surface area contributed by atoms with Crippen molar-refractivity contribution < 1.29 is 26.4 Å². The molecule has 0 fully saturated rings. The average molecular weight is 485 g/mol. The molecule has 0 atom stereocenters. The third-order valence-corrected chi connectivity index (χ3v) is 6.34. The molecule has 0 saturated carbocycles. The smallest absolute Gasteiger partial charge is 0.261 e. The number of aryl methyl sites for hydroxylation is 2. The van der Waals surface area contributed by atoms with Crippen molar-refractivity contribution in [2.24, 2.45) is 0 Å². The molecule has 2 N–H and O–H groups in total. The van der Waals surface area contributed by atoms with Crippen LogP contribution in [0.1, 0.15) is 21.9 Å². The van der Waals surface area contributed by atoms with Crippen molar-refractivity contribution in [3.63, 3.8) is 0 Å². The second-order valence-electron chi connectivity index (χ2n) is 6.12. The van der Waals surface area contributed by atoms with E-state index in [4.69, 9.17) is 4.42 Å². The van der Waals surface area contributed by atoms with Gasteiger partial charge in [-0.3, -0.25) is 9.52 Å². The third kappa shape index (κ3) is 4.48. The molecule has 0 aliphatic heterocycles. The van der Waals surface area contributed by atoms with Gasteiger partial charge in [0.1, 0.15) is 11.5 Å². The molecule has 6 nitrogen and oxygen atoms in total. The first kappa shape index (κ1) is 21.0. The van der Waals surface area contributed by atoms with E-state index in [2.05, 4.69) is 26.0 Å². The number of carbonyl (C=O) groups is 1. The standard InChI is InChI=1S/C19H15BrF2N2O4S/c1-10-17(18(20)11(2)28-10)19(25)23-12-3-5-13(6-4-12)24-29(26,27)14-7-8-15(21)16(22)9-14/h3-9,24H,1-2H3,(H,23,25). The van der Waals surface area contributed by atoms with Gasteiger partial charge in [-0.1, -0.05) is 0 Å². The highest BCUT2D eigenvalue weighted by Gasteiger charge is 2.20. The lowest BCUT2D eigenvalue weighted by atomic mass is 10.2. The molecule has 1 heterocycles. The van der Waals surface area contributed by atoms with Crippen molar-refractivity contribution in [3.8, 4) is 0 Å². The fourth-order valence-electron chi connectivity index (χ4n) is 2.59. The molecule has 10 heteroatoms. The highest BCUT2D eigenvalue weighted by Crippen LogP contribution is 2.28. The lowest BCUT2D eigenvalue weighted by Crippen LogP contribution is -2.14. The molecule has 29 heavy (non-hydrogen) atoms. The number of nitrogens with one attached hydrogen (secondary N) is 2. The van der Waals surface area contributed by atoms with Gasteiger partial charge in [-0.05, 0) is 72.2 Å². The van der Waals surface area contributed by atoms with E-state index in [1.807, 2.05) is 0 Å². The Morgan fingerprint density at radius 3 is 2.14 bits per heavy atom. The number of anilines is 2. The second-order valence-corrected chi connectivity index (χ2v) is 8.59. The first-order valence-corrected chi connectivity index (χ1v) is 10.5. The first-order chi connectivity index (χ1) is 13.6. The molecule has 0 spiro atoms. The van der Waals surface area contributed by atoms with E-state index in [1.165, 1.54) is 24.3 Å². The molecular formula is C19H15BrF2N2O4S. The first-order valence-electron chi connectivity index (χ1n) is 8.23. The summed E-state index contributed by atoms with van der Waals surface area (Å²) < 4.78 is 59.1. The summed E-state index contributed by atoms with van der Waals surface area (Å²) in [5, 5.41) is 2.69. The molecule has 1 aromatic heterocycles. The van der Waals surface area contributed by atoms with Crippen molar-refractivity contribution in [2.75, 3.05) is 10.0 Å². The summed E-state index contributed by atoms with van der Waals surface area (Å²) in [5.41, 5.74) is 0.978. The van der Waals surface area contributed by atoms with Gasteiger partial charge in [0.15, 0.2) is 11.6 Å². The van der Waals surface area contributed by atoms with Gasteiger partial charge >= 0.3 is 0 Å². The number of carbonyl (C=O) groups excluding carboxylic acids is 1. The van der Waals surface area contributed by atoms with E-state index in [9.17, 15) is 22.0 Å². The Balaban J connectivity index is 1.74. The summed E-state index contributed by atoms with van der Waals surface area (Å²) in [7, 11) is -4.10. The fraction of sp³-hybridized carbons (Fsp3) is 0.105. The number of rotatable bonds is 5. The molecule has 152 valence electrons. The van der Waals surface area contributed by atoms with Crippen molar-refractivity contribution >= 4 is 43.2 Å². The molecule has 0 unspecified atom stereocenters. The molecular weight excluding hydrogens is 470 g/mol. The van der Waals surface area contributed by atoms with Crippen LogP contribution in [0.15, 0.2) is 56.2 Å². The van der Waals surface area contributed by atoms with Gasteiger partial charge in [0.2, 0.25) is 0 Å². The van der Waals surface area contributed by atoms with E-state index in [1.54, 1.807) is 13.8 Å². The van der Waals surface area contributed by atoms with Gasteiger partial charge in [-0.2, -0.15) is 0 Å². The van der Waals surface area contributed by atoms with E-state index in [0.29, 0.717) is 33.3 Å². The van der Waals surface area contributed by atoms with Crippen molar-refractivity contribution in [3.05, 3.63) is 75.7 Å². The monoisotopic (exact) mass is 484 g/mol. The number of benzene rings is 2. The summed E-state index contributed by atoms with van der Waals surface area (Å²) in [6.07, 6.45) is 0. The minimum absolute atomic E-state index is 0.184. The maximum absolute atomic E-state index is 13.3. The molecule has 3 rings (SSSR count). The summed E-state index contributed by atoms with van der Waals surface area (Å²) in [6.45, 7) is 3.39. The van der Waals surface area contributed by atoms with Gasteiger partial charge in [0, 0.05) is 11.4 Å².